The first-order valence-corrected chi connectivity index (χ1v) is 6.93. The van der Waals surface area contributed by atoms with Crippen LogP contribution in [0.25, 0.3) is 5.95 Å². The second-order valence-electron chi connectivity index (χ2n) is 5.04. The molecule has 0 spiro atoms. The van der Waals surface area contributed by atoms with Crippen LogP contribution in [0.4, 0.5) is 11.9 Å². The minimum Gasteiger partial charge on any atom is -0.381 e. The molecule has 2 aromatic rings. The van der Waals surface area contributed by atoms with Crippen LogP contribution in [0.5, 0.6) is 0 Å². The Morgan fingerprint density at radius 2 is 2.14 bits per heavy atom. The molecule has 0 aromatic carbocycles. The third-order valence-electron chi connectivity index (χ3n) is 3.59. The lowest BCUT2D eigenvalue weighted by atomic mass is 9.93. The monoisotopic (exact) mass is 290 g/mol. The molecule has 3 heterocycles. The third-order valence-corrected chi connectivity index (χ3v) is 3.59. The highest BCUT2D eigenvalue weighted by atomic mass is 16.5. The Hall–Kier alpha value is -2.29. The molecule has 112 valence electrons. The van der Waals surface area contributed by atoms with Crippen molar-refractivity contribution < 1.29 is 4.74 Å². The van der Waals surface area contributed by atoms with E-state index in [0.29, 0.717) is 17.8 Å². The van der Waals surface area contributed by atoms with Crippen LogP contribution in [0, 0.1) is 5.92 Å². The van der Waals surface area contributed by atoms with Gasteiger partial charge in [-0.1, -0.05) is 0 Å². The van der Waals surface area contributed by atoms with Crippen LogP contribution in [0.2, 0.25) is 0 Å². The van der Waals surface area contributed by atoms with Gasteiger partial charge in [-0.2, -0.15) is 24.7 Å². The van der Waals surface area contributed by atoms with E-state index in [2.05, 4.69) is 37.3 Å². The highest BCUT2D eigenvalue weighted by molar-refractivity contribution is 5.35. The molecule has 1 fully saturated rings. The van der Waals surface area contributed by atoms with Crippen LogP contribution in [0.15, 0.2) is 12.7 Å². The van der Waals surface area contributed by atoms with Crippen LogP contribution in [0.1, 0.15) is 19.8 Å². The Labute approximate surface area is 122 Å². The van der Waals surface area contributed by atoms with Gasteiger partial charge in [0.05, 0.1) is 0 Å². The second kappa shape index (κ2) is 6.00. The van der Waals surface area contributed by atoms with Gasteiger partial charge in [0.25, 0.3) is 5.95 Å². The lowest BCUT2D eigenvalue weighted by Crippen LogP contribution is -2.31. The van der Waals surface area contributed by atoms with Gasteiger partial charge in [0, 0.05) is 19.3 Å². The average molecular weight is 290 g/mol. The Bertz CT molecular complexity index is 581. The quantitative estimate of drug-likeness (QED) is 0.823. The van der Waals surface area contributed by atoms with Crippen LogP contribution in [-0.4, -0.2) is 49.0 Å². The summed E-state index contributed by atoms with van der Waals surface area (Å²) in [6.45, 7) is 3.73. The molecule has 0 saturated carbocycles. The van der Waals surface area contributed by atoms with Crippen molar-refractivity contribution in [3.8, 4) is 5.95 Å². The van der Waals surface area contributed by atoms with E-state index in [9.17, 15) is 0 Å². The van der Waals surface area contributed by atoms with Crippen molar-refractivity contribution >= 4 is 11.9 Å². The molecule has 9 nitrogen and oxygen atoms in total. The first-order valence-electron chi connectivity index (χ1n) is 6.93. The van der Waals surface area contributed by atoms with E-state index in [-0.39, 0.29) is 12.0 Å². The van der Waals surface area contributed by atoms with Crippen molar-refractivity contribution in [2.45, 2.75) is 25.8 Å². The largest absolute Gasteiger partial charge is 0.381 e. The minimum absolute atomic E-state index is 0.150. The number of aromatic nitrogens is 6. The summed E-state index contributed by atoms with van der Waals surface area (Å²) in [6, 6.07) is 0.235. The van der Waals surface area contributed by atoms with Crippen molar-refractivity contribution in [1.82, 2.24) is 29.7 Å². The van der Waals surface area contributed by atoms with E-state index >= 15 is 0 Å². The zero-order chi connectivity index (χ0) is 14.7. The molecule has 1 aliphatic heterocycles. The highest BCUT2D eigenvalue weighted by Gasteiger charge is 2.21. The zero-order valence-electron chi connectivity index (χ0n) is 11.8. The smallest absolute Gasteiger partial charge is 0.258 e. The van der Waals surface area contributed by atoms with Gasteiger partial charge < -0.3 is 15.8 Å². The Kier molecular flexibility index (Phi) is 3.91. The van der Waals surface area contributed by atoms with Crippen LogP contribution < -0.4 is 11.1 Å². The lowest BCUT2D eigenvalue weighted by molar-refractivity contribution is 0.0621. The lowest BCUT2D eigenvalue weighted by Gasteiger charge is -2.28. The molecule has 0 amide bonds. The number of hydrogen-bond acceptors (Lipinski definition) is 8. The zero-order valence-corrected chi connectivity index (χ0v) is 11.8. The number of nitrogen functional groups attached to an aromatic ring is 1. The van der Waals surface area contributed by atoms with Crippen LogP contribution in [0.3, 0.4) is 0 Å². The Morgan fingerprint density at radius 1 is 1.33 bits per heavy atom. The Balaban J connectivity index is 1.75. The molecule has 1 unspecified atom stereocenters. The number of rotatable bonds is 4. The fraction of sp³-hybridized carbons (Fsp3) is 0.583. The van der Waals surface area contributed by atoms with Gasteiger partial charge in [0.2, 0.25) is 11.9 Å². The molecular weight excluding hydrogens is 272 g/mol. The summed E-state index contributed by atoms with van der Waals surface area (Å²) in [6.07, 6.45) is 4.99. The molecule has 1 aliphatic rings. The van der Waals surface area contributed by atoms with E-state index in [0.717, 1.165) is 26.1 Å². The van der Waals surface area contributed by atoms with Gasteiger partial charge in [-0.05, 0) is 25.7 Å². The summed E-state index contributed by atoms with van der Waals surface area (Å²) in [5.74, 6) is 1.48. The first kappa shape index (κ1) is 13.7. The summed E-state index contributed by atoms with van der Waals surface area (Å²) in [4.78, 5) is 16.4. The van der Waals surface area contributed by atoms with Gasteiger partial charge >= 0.3 is 0 Å². The maximum absolute atomic E-state index is 5.74. The van der Waals surface area contributed by atoms with E-state index in [1.54, 1.807) is 0 Å². The molecular formula is C12H18N8O. The summed E-state index contributed by atoms with van der Waals surface area (Å²) in [5, 5.41) is 7.29. The first-order chi connectivity index (χ1) is 10.2. The molecule has 3 N–H and O–H groups in total. The van der Waals surface area contributed by atoms with Crippen molar-refractivity contribution in [2.24, 2.45) is 5.92 Å². The van der Waals surface area contributed by atoms with Gasteiger partial charge in [0.1, 0.15) is 12.7 Å². The molecule has 9 heteroatoms. The highest BCUT2D eigenvalue weighted by Crippen LogP contribution is 2.21. The van der Waals surface area contributed by atoms with E-state index in [1.165, 1.54) is 17.3 Å². The van der Waals surface area contributed by atoms with Crippen molar-refractivity contribution in [2.75, 3.05) is 24.3 Å². The van der Waals surface area contributed by atoms with Crippen molar-refractivity contribution in [1.29, 1.82) is 0 Å². The van der Waals surface area contributed by atoms with Crippen molar-refractivity contribution in [3.05, 3.63) is 12.7 Å². The average Bonchev–Trinajstić information content (AvgIpc) is 3.02. The number of anilines is 2. The molecule has 0 radical (unpaired) electrons. The number of nitrogens with zero attached hydrogens (tertiary/aromatic N) is 6. The van der Waals surface area contributed by atoms with Crippen molar-refractivity contribution in [3.63, 3.8) is 0 Å². The summed E-state index contributed by atoms with van der Waals surface area (Å²) < 4.78 is 6.83. The fourth-order valence-electron chi connectivity index (χ4n) is 2.40. The maximum Gasteiger partial charge on any atom is 0.258 e. The maximum atomic E-state index is 5.74. The van der Waals surface area contributed by atoms with Crippen LogP contribution >= 0.6 is 0 Å². The topological polar surface area (TPSA) is 117 Å². The van der Waals surface area contributed by atoms with Gasteiger partial charge in [0.15, 0.2) is 0 Å². The van der Waals surface area contributed by atoms with Gasteiger partial charge in [-0.15, -0.1) is 0 Å². The van der Waals surface area contributed by atoms with E-state index < -0.39 is 0 Å². The van der Waals surface area contributed by atoms with Gasteiger partial charge in [-0.25, -0.2) is 4.98 Å². The SMILES string of the molecule is CC(Nc1nc(N)nc(-n2cncn2)n1)C1CCOCC1. The molecule has 0 bridgehead atoms. The predicted molar refractivity (Wildman–Crippen MR) is 75.8 cm³/mol. The third kappa shape index (κ3) is 3.24. The number of hydrogen-bond donors (Lipinski definition) is 2. The van der Waals surface area contributed by atoms with E-state index in [1.807, 2.05) is 0 Å². The van der Waals surface area contributed by atoms with E-state index in [4.69, 9.17) is 10.5 Å². The second-order valence-corrected chi connectivity index (χ2v) is 5.04. The molecule has 21 heavy (non-hydrogen) atoms. The standard InChI is InChI=1S/C12H18N8O/c1-8(9-2-4-21-5-3-9)16-11-17-10(13)18-12(19-11)20-7-14-6-15-20/h6-9H,2-5H2,1H3,(H3,13,16,17,18,19). The van der Waals surface area contributed by atoms with Gasteiger partial charge in [-0.3, -0.25) is 0 Å². The molecule has 1 atom stereocenters. The Morgan fingerprint density at radius 3 is 2.86 bits per heavy atom. The number of nitrogens with two attached hydrogens (primary N) is 1. The number of ether oxygens (including phenoxy) is 1. The molecule has 1 saturated heterocycles. The van der Waals surface area contributed by atoms with Crippen LogP contribution in [-0.2, 0) is 4.74 Å². The minimum atomic E-state index is 0.150. The predicted octanol–water partition coefficient (Wildman–Crippen LogP) is 0.261. The molecule has 2 aromatic heterocycles. The number of nitrogens with one attached hydrogen (secondary N) is 1. The summed E-state index contributed by atoms with van der Waals surface area (Å²) >= 11 is 0. The molecule has 0 aliphatic carbocycles. The molecule has 3 rings (SSSR count). The fourth-order valence-corrected chi connectivity index (χ4v) is 2.40. The summed E-state index contributed by atoms with van der Waals surface area (Å²) in [5.41, 5.74) is 5.74. The summed E-state index contributed by atoms with van der Waals surface area (Å²) in [7, 11) is 0. The normalized spacial score (nSPS) is 17.6.